The molecular weight excluding hydrogens is 355 g/mol. The minimum Gasteiger partial charge on any atom is -0.347 e. The lowest BCUT2D eigenvalue weighted by atomic mass is 9.99. The van der Waals surface area contributed by atoms with E-state index in [2.05, 4.69) is 10.3 Å². The Kier molecular flexibility index (Phi) is 5.39. The van der Waals surface area contributed by atoms with Crippen molar-refractivity contribution in [3.63, 3.8) is 0 Å². The van der Waals surface area contributed by atoms with Crippen molar-refractivity contribution in [2.24, 2.45) is 11.7 Å². The number of fused-ring (bicyclic) bond motifs is 1. The Bertz CT molecular complexity index is 953. The summed E-state index contributed by atoms with van der Waals surface area (Å²) in [5.41, 5.74) is 8.90. The van der Waals surface area contributed by atoms with Crippen LogP contribution in [0.4, 0.5) is 4.39 Å². The molecule has 5 nitrogen and oxygen atoms in total. The van der Waals surface area contributed by atoms with E-state index in [-0.39, 0.29) is 29.7 Å². The van der Waals surface area contributed by atoms with Gasteiger partial charge in [0.05, 0.1) is 23.4 Å². The number of halogens is 1. The van der Waals surface area contributed by atoms with Crippen LogP contribution in [0.1, 0.15) is 37.3 Å². The van der Waals surface area contributed by atoms with Crippen molar-refractivity contribution in [2.75, 3.05) is 0 Å². The van der Waals surface area contributed by atoms with Crippen molar-refractivity contribution < 1.29 is 9.18 Å². The number of carbonyl (C=O) groups is 1. The molecule has 0 spiro atoms. The van der Waals surface area contributed by atoms with Gasteiger partial charge in [-0.05, 0) is 48.6 Å². The Morgan fingerprint density at radius 1 is 1.21 bits per heavy atom. The summed E-state index contributed by atoms with van der Waals surface area (Å²) in [6.07, 6.45) is 5.29. The van der Waals surface area contributed by atoms with Crippen LogP contribution in [0, 0.1) is 11.7 Å². The smallest absolute Gasteiger partial charge is 0.220 e. The first-order valence-corrected chi connectivity index (χ1v) is 9.80. The molecule has 0 radical (unpaired) electrons. The number of para-hydroxylation sites is 2. The molecule has 4 rings (SSSR count). The van der Waals surface area contributed by atoms with Crippen LogP contribution in [0.5, 0.6) is 0 Å². The maximum absolute atomic E-state index is 13.4. The van der Waals surface area contributed by atoms with Gasteiger partial charge in [0.1, 0.15) is 5.82 Å². The van der Waals surface area contributed by atoms with Crippen LogP contribution in [-0.4, -0.2) is 21.5 Å². The fourth-order valence-electron chi connectivity index (χ4n) is 4.09. The highest BCUT2D eigenvalue weighted by molar-refractivity contribution is 5.77. The van der Waals surface area contributed by atoms with Crippen LogP contribution in [-0.2, 0) is 11.3 Å². The second kappa shape index (κ2) is 8.10. The van der Waals surface area contributed by atoms with E-state index in [0.717, 1.165) is 35.9 Å². The van der Waals surface area contributed by atoms with Crippen molar-refractivity contribution in [3.05, 3.63) is 66.2 Å². The largest absolute Gasteiger partial charge is 0.347 e. The monoisotopic (exact) mass is 380 g/mol. The number of nitrogens with one attached hydrogen (secondary N) is 1. The minimum absolute atomic E-state index is 0.0129. The van der Waals surface area contributed by atoms with Gasteiger partial charge in [0.15, 0.2) is 0 Å². The summed E-state index contributed by atoms with van der Waals surface area (Å²) in [5.74, 6) is -0.0668. The lowest BCUT2D eigenvalue weighted by molar-refractivity contribution is -0.122. The van der Waals surface area contributed by atoms with Gasteiger partial charge < -0.3 is 15.6 Å². The Morgan fingerprint density at radius 3 is 2.75 bits per heavy atom. The number of imidazole rings is 1. The standard InChI is InChI=1S/C22H25FN4O/c23-17-10-8-15(9-11-17)20(26-22(28)12-16-4-3-5-18(16)24)13-27-14-25-19-6-1-2-7-21(19)27/h1-2,6-11,14,16,18,20H,3-5,12-13,24H2,(H,26,28)/t16-,18+,20?/m0/s1. The van der Waals surface area contributed by atoms with Gasteiger partial charge in [-0.1, -0.05) is 30.7 Å². The molecule has 3 atom stereocenters. The first-order chi connectivity index (χ1) is 13.6. The highest BCUT2D eigenvalue weighted by atomic mass is 19.1. The number of nitrogens with two attached hydrogens (primary N) is 1. The van der Waals surface area contributed by atoms with E-state index in [1.165, 1.54) is 12.1 Å². The van der Waals surface area contributed by atoms with Crippen molar-refractivity contribution in [1.82, 2.24) is 14.9 Å². The topological polar surface area (TPSA) is 72.9 Å². The predicted octanol–water partition coefficient (Wildman–Crippen LogP) is 3.55. The highest BCUT2D eigenvalue weighted by Gasteiger charge is 2.27. The molecule has 0 aliphatic heterocycles. The van der Waals surface area contributed by atoms with Gasteiger partial charge in [-0.2, -0.15) is 0 Å². The molecule has 1 heterocycles. The number of hydrogen-bond donors (Lipinski definition) is 2. The molecule has 0 saturated heterocycles. The van der Waals surface area contributed by atoms with Crippen LogP contribution < -0.4 is 11.1 Å². The van der Waals surface area contributed by atoms with Crippen LogP contribution in [0.25, 0.3) is 11.0 Å². The van der Waals surface area contributed by atoms with Gasteiger partial charge in [0.25, 0.3) is 0 Å². The zero-order valence-electron chi connectivity index (χ0n) is 15.7. The van der Waals surface area contributed by atoms with Crippen molar-refractivity contribution >= 4 is 16.9 Å². The summed E-state index contributed by atoms with van der Waals surface area (Å²) in [5, 5.41) is 3.14. The molecule has 1 fully saturated rings. The van der Waals surface area contributed by atoms with Crippen molar-refractivity contribution in [2.45, 2.75) is 44.3 Å². The normalized spacial score (nSPS) is 20.4. The molecule has 3 N–H and O–H groups in total. The van der Waals surface area contributed by atoms with E-state index in [4.69, 9.17) is 5.73 Å². The number of carbonyl (C=O) groups excluding carboxylic acids is 1. The molecule has 28 heavy (non-hydrogen) atoms. The minimum atomic E-state index is -0.293. The average Bonchev–Trinajstić information content (AvgIpc) is 3.28. The third-order valence-corrected chi connectivity index (χ3v) is 5.68. The molecular formula is C22H25FN4O. The van der Waals surface area contributed by atoms with E-state index in [0.29, 0.717) is 13.0 Å². The second-order valence-corrected chi connectivity index (χ2v) is 7.62. The van der Waals surface area contributed by atoms with Gasteiger partial charge in [-0.25, -0.2) is 9.37 Å². The van der Waals surface area contributed by atoms with E-state index < -0.39 is 0 Å². The second-order valence-electron chi connectivity index (χ2n) is 7.62. The molecule has 3 aromatic rings. The Hall–Kier alpha value is -2.73. The number of aromatic nitrogens is 2. The van der Waals surface area contributed by atoms with Crippen LogP contribution in [0.15, 0.2) is 54.9 Å². The maximum atomic E-state index is 13.4. The first kappa shape index (κ1) is 18.6. The van der Waals surface area contributed by atoms with Crippen LogP contribution >= 0.6 is 0 Å². The number of nitrogens with zero attached hydrogens (tertiary/aromatic N) is 2. The molecule has 0 bridgehead atoms. The Labute approximate surface area is 163 Å². The highest BCUT2D eigenvalue weighted by Crippen LogP contribution is 2.27. The Balaban J connectivity index is 1.55. The zero-order valence-corrected chi connectivity index (χ0v) is 15.7. The summed E-state index contributed by atoms with van der Waals surface area (Å²) in [6.45, 7) is 0.522. The summed E-state index contributed by atoms with van der Waals surface area (Å²) in [7, 11) is 0. The summed E-state index contributed by atoms with van der Waals surface area (Å²) < 4.78 is 15.4. The SMILES string of the molecule is N[C@@H]1CCC[C@H]1CC(=O)NC(Cn1cnc2ccccc21)c1ccc(F)cc1. The van der Waals surface area contributed by atoms with E-state index >= 15 is 0 Å². The molecule has 6 heteroatoms. The van der Waals surface area contributed by atoms with Crippen LogP contribution in [0.3, 0.4) is 0 Å². The number of amides is 1. The fourth-order valence-corrected chi connectivity index (χ4v) is 4.09. The third-order valence-electron chi connectivity index (χ3n) is 5.68. The summed E-state index contributed by atoms with van der Waals surface area (Å²) >= 11 is 0. The van der Waals surface area contributed by atoms with E-state index in [1.54, 1.807) is 18.5 Å². The van der Waals surface area contributed by atoms with Gasteiger partial charge in [0.2, 0.25) is 5.91 Å². The molecule has 1 unspecified atom stereocenters. The van der Waals surface area contributed by atoms with E-state index in [9.17, 15) is 9.18 Å². The third kappa shape index (κ3) is 4.07. The molecule has 1 saturated carbocycles. The first-order valence-electron chi connectivity index (χ1n) is 9.80. The van der Waals surface area contributed by atoms with Crippen molar-refractivity contribution in [3.8, 4) is 0 Å². The number of hydrogen-bond acceptors (Lipinski definition) is 3. The fraction of sp³-hybridized carbons (Fsp3) is 0.364. The quantitative estimate of drug-likeness (QED) is 0.687. The predicted molar refractivity (Wildman–Crippen MR) is 107 cm³/mol. The summed E-state index contributed by atoms with van der Waals surface area (Å²) in [6, 6.07) is 14.0. The van der Waals surface area contributed by atoms with E-state index in [1.807, 2.05) is 28.8 Å². The molecule has 1 amide bonds. The number of rotatable bonds is 6. The van der Waals surface area contributed by atoms with Gasteiger partial charge in [0, 0.05) is 19.0 Å². The lowest BCUT2D eigenvalue weighted by Gasteiger charge is -2.22. The maximum Gasteiger partial charge on any atom is 0.220 e. The average molecular weight is 380 g/mol. The lowest BCUT2D eigenvalue weighted by Crippen LogP contribution is -2.35. The van der Waals surface area contributed by atoms with Gasteiger partial charge >= 0.3 is 0 Å². The number of benzene rings is 2. The summed E-state index contributed by atoms with van der Waals surface area (Å²) in [4.78, 5) is 17.1. The molecule has 1 aliphatic carbocycles. The molecule has 146 valence electrons. The van der Waals surface area contributed by atoms with Crippen molar-refractivity contribution in [1.29, 1.82) is 0 Å². The molecule has 2 aromatic carbocycles. The van der Waals surface area contributed by atoms with Gasteiger partial charge in [-0.15, -0.1) is 0 Å². The molecule has 1 aromatic heterocycles. The Morgan fingerprint density at radius 2 is 2.00 bits per heavy atom. The zero-order chi connectivity index (χ0) is 19.5. The van der Waals surface area contributed by atoms with Crippen LogP contribution in [0.2, 0.25) is 0 Å². The molecule has 1 aliphatic rings. The van der Waals surface area contributed by atoms with Gasteiger partial charge in [-0.3, -0.25) is 4.79 Å².